The Labute approximate surface area is 187 Å². The van der Waals surface area contributed by atoms with Gasteiger partial charge in [0, 0.05) is 18.0 Å². The van der Waals surface area contributed by atoms with Gasteiger partial charge >= 0.3 is 0 Å². The minimum absolute atomic E-state index is 0.201. The molecule has 0 aliphatic rings. The minimum Gasteiger partial charge on any atom is -0.387 e. The average Bonchev–Trinajstić information content (AvgIpc) is 3.18. The third-order valence-corrected chi connectivity index (χ3v) is 5.11. The summed E-state index contributed by atoms with van der Waals surface area (Å²) in [4.78, 5) is 14.5. The summed E-state index contributed by atoms with van der Waals surface area (Å²) >= 11 is 6.03. The third-order valence-electron chi connectivity index (χ3n) is 4.87. The van der Waals surface area contributed by atoms with Gasteiger partial charge in [0.1, 0.15) is 18.2 Å². The average molecular weight is 447 g/mol. The molecule has 0 spiro atoms. The number of aliphatic hydroxyl groups excluding tert-OH is 1. The van der Waals surface area contributed by atoms with Crippen LogP contribution in [0.4, 0.5) is 4.39 Å². The lowest BCUT2D eigenvalue weighted by Gasteiger charge is -2.15. The van der Waals surface area contributed by atoms with Gasteiger partial charge in [-0.3, -0.25) is 4.79 Å². The highest BCUT2D eigenvalue weighted by Gasteiger charge is 2.21. The van der Waals surface area contributed by atoms with E-state index in [0.717, 1.165) is 11.4 Å². The molecule has 0 fully saturated rings. The lowest BCUT2D eigenvalue weighted by Crippen LogP contribution is -2.20. The number of halogens is 2. The normalized spacial score (nSPS) is 11.6. The fraction of sp³-hybridized carbons (Fsp3) is 0.348. The van der Waals surface area contributed by atoms with Crippen LogP contribution in [0, 0.1) is 11.7 Å². The van der Waals surface area contributed by atoms with Gasteiger partial charge in [-0.2, -0.15) is 5.10 Å². The first-order valence-electron chi connectivity index (χ1n) is 10.0. The number of rotatable bonds is 6. The molecular weight excluding hydrogens is 419 g/mol. The molecule has 0 saturated heterocycles. The zero-order valence-electron chi connectivity index (χ0n) is 18.1. The summed E-state index contributed by atoms with van der Waals surface area (Å²) in [6.07, 6.45) is 0. The van der Waals surface area contributed by atoms with Crippen molar-refractivity contribution in [2.75, 3.05) is 13.7 Å². The molecular formula is C23H28ClFN4O2. The first kappa shape index (κ1) is 24.5. The van der Waals surface area contributed by atoms with Crippen LogP contribution < -0.4 is 5.32 Å². The van der Waals surface area contributed by atoms with Crippen molar-refractivity contribution in [3.8, 4) is 11.4 Å². The number of nitrogens with zero attached hydrogens (tertiary/aromatic N) is 3. The van der Waals surface area contributed by atoms with Crippen LogP contribution in [0.25, 0.3) is 11.4 Å². The zero-order chi connectivity index (χ0) is 23.0. The Balaban J connectivity index is 0.000000501. The molecule has 2 N–H and O–H groups in total. The van der Waals surface area contributed by atoms with Gasteiger partial charge in [-0.15, -0.1) is 0 Å². The molecule has 31 heavy (non-hydrogen) atoms. The Morgan fingerprint density at radius 1 is 1.19 bits per heavy atom. The summed E-state index contributed by atoms with van der Waals surface area (Å²) in [5.74, 6) is 1.11. The third kappa shape index (κ3) is 6.87. The van der Waals surface area contributed by atoms with E-state index in [1.165, 1.54) is 19.2 Å². The number of likely N-dealkylation sites (N-methyl/N-ethyl adjacent to an activating group) is 1. The van der Waals surface area contributed by atoms with E-state index in [4.69, 9.17) is 16.7 Å². The summed E-state index contributed by atoms with van der Waals surface area (Å²) in [6, 6.07) is 14.5. The van der Waals surface area contributed by atoms with Gasteiger partial charge in [-0.1, -0.05) is 62.7 Å². The Bertz CT molecular complexity index is 986. The predicted octanol–water partition coefficient (Wildman–Crippen LogP) is 4.27. The maximum Gasteiger partial charge on any atom is 0.245 e. The SMILES string of the molecule is CC(C)[C@@H](C)c1nc(-c2cc(Cl)ccc2F)nn1Cc1ccccc1.CNC(=O)CO. The number of benzene rings is 2. The van der Waals surface area contributed by atoms with Gasteiger partial charge < -0.3 is 10.4 Å². The highest BCUT2D eigenvalue weighted by atomic mass is 35.5. The molecule has 3 aromatic rings. The van der Waals surface area contributed by atoms with Crippen molar-refractivity contribution in [1.29, 1.82) is 0 Å². The van der Waals surface area contributed by atoms with E-state index < -0.39 is 6.61 Å². The number of carbonyl (C=O) groups excluding carboxylic acids is 1. The molecule has 6 nitrogen and oxygen atoms in total. The summed E-state index contributed by atoms with van der Waals surface area (Å²) in [5.41, 5.74) is 1.46. The van der Waals surface area contributed by atoms with E-state index in [1.807, 2.05) is 35.0 Å². The molecule has 0 saturated carbocycles. The molecule has 0 aliphatic carbocycles. The summed E-state index contributed by atoms with van der Waals surface area (Å²) in [6.45, 7) is 6.59. The monoisotopic (exact) mass is 446 g/mol. The topological polar surface area (TPSA) is 80.0 Å². The van der Waals surface area contributed by atoms with Gasteiger partial charge in [0.15, 0.2) is 5.82 Å². The van der Waals surface area contributed by atoms with Crippen LogP contribution in [0.15, 0.2) is 48.5 Å². The number of nitrogens with one attached hydrogen (secondary N) is 1. The van der Waals surface area contributed by atoms with Crippen molar-refractivity contribution in [2.24, 2.45) is 5.92 Å². The van der Waals surface area contributed by atoms with Gasteiger partial charge in [0.25, 0.3) is 0 Å². The molecule has 0 unspecified atom stereocenters. The Hall–Kier alpha value is -2.77. The van der Waals surface area contributed by atoms with E-state index in [1.54, 1.807) is 6.07 Å². The quantitative estimate of drug-likeness (QED) is 0.592. The van der Waals surface area contributed by atoms with Crippen molar-refractivity contribution in [1.82, 2.24) is 20.1 Å². The Kier molecular flexibility index (Phi) is 9.15. The van der Waals surface area contributed by atoms with E-state index >= 15 is 0 Å². The molecule has 0 aliphatic heterocycles. The predicted molar refractivity (Wildman–Crippen MR) is 120 cm³/mol. The number of hydrogen-bond acceptors (Lipinski definition) is 4. The molecule has 1 aromatic heterocycles. The van der Waals surface area contributed by atoms with Crippen LogP contribution in [0.2, 0.25) is 5.02 Å². The standard InChI is InChI=1S/C20H21ClFN3.C3H7NO2/c1-13(2)14(3)20-23-19(17-11-16(21)9-10-18(17)22)24-25(20)12-15-7-5-4-6-8-15;1-4-3(6)2-5/h4-11,13-14H,12H2,1-3H3;5H,2H2,1H3,(H,4,6)/t14-;/m1./s1. The van der Waals surface area contributed by atoms with Gasteiger partial charge in [0.2, 0.25) is 5.91 Å². The number of aliphatic hydroxyl groups is 1. The fourth-order valence-corrected chi connectivity index (χ4v) is 2.90. The van der Waals surface area contributed by atoms with Gasteiger partial charge in [-0.05, 0) is 29.7 Å². The van der Waals surface area contributed by atoms with Crippen molar-refractivity contribution in [3.63, 3.8) is 0 Å². The molecule has 2 aromatic carbocycles. The van der Waals surface area contributed by atoms with Crippen molar-refractivity contribution >= 4 is 17.5 Å². The first-order valence-corrected chi connectivity index (χ1v) is 10.4. The molecule has 1 amide bonds. The van der Waals surface area contributed by atoms with Crippen LogP contribution in [0.5, 0.6) is 0 Å². The summed E-state index contributed by atoms with van der Waals surface area (Å²) in [5, 5.41) is 15.2. The molecule has 166 valence electrons. The molecule has 1 atom stereocenters. The van der Waals surface area contributed by atoms with E-state index in [9.17, 15) is 9.18 Å². The molecule has 0 radical (unpaired) electrons. The maximum atomic E-state index is 14.2. The Morgan fingerprint density at radius 3 is 2.42 bits per heavy atom. The van der Waals surface area contributed by atoms with Gasteiger partial charge in [-0.25, -0.2) is 14.1 Å². The number of amides is 1. The second kappa shape index (κ2) is 11.6. The second-order valence-electron chi connectivity index (χ2n) is 7.43. The Morgan fingerprint density at radius 2 is 1.87 bits per heavy atom. The van der Waals surface area contributed by atoms with Crippen molar-refractivity contribution in [2.45, 2.75) is 33.2 Å². The summed E-state index contributed by atoms with van der Waals surface area (Å²) < 4.78 is 16.1. The lowest BCUT2D eigenvalue weighted by atomic mass is 9.97. The van der Waals surface area contributed by atoms with Crippen molar-refractivity contribution < 1.29 is 14.3 Å². The van der Waals surface area contributed by atoms with Crippen LogP contribution in [0.3, 0.4) is 0 Å². The van der Waals surface area contributed by atoms with Crippen LogP contribution in [0.1, 0.15) is 38.1 Å². The zero-order valence-corrected chi connectivity index (χ0v) is 18.9. The van der Waals surface area contributed by atoms with E-state index in [2.05, 4.69) is 36.2 Å². The molecule has 0 bridgehead atoms. The number of hydrogen-bond donors (Lipinski definition) is 2. The number of aromatic nitrogens is 3. The molecule has 1 heterocycles. The first-order chi connectivity index (χ1) is 14.8. The molecule has 8 heteroatoms. The second-order valence-corrected chi connectivity index (χ2v) is 7.86. The van der Waals surface area contributed by atoms with Crippen LogP contribution >= 0.6 is 11.6 Å². The fourth-order valence-electron chi connectivity index (χ4n) is 2.72. The van der Waals surface area contributed by atoms with Crippen LogP contribution in [-0.4, -0.2) is 39.4 Å². The van der Waals surface area contributed by atoms with Crippen LogP contribution in [-0.2, 0) is 11.3 Å². The smallest absolute Gasteiger partial charge is 0.245 e. The van der Waals surface area contributed by atoms with E-state index in [0.29, 0.717) is 28.9 Å². The maximum absolute atomic E-state index is 14.2. The highest BCUT2D eigenvalue weighted by Crippen LogP contribution is 2.28. The largest absolute Gasteiger partial charge is 0.387 e. The van der Waals surface area contributed by atoms with E-state index in [-0.39, 0.29) is 17.6 Å². The lowest BCUT2D eigenvalue weighted by molar-refractivity contribution is -0.123. The summed E-state index contributed by atoms with van der Waals surface area (Å²) in [7, 11) is 1.47. The highest BCUT2D eigenvalue weighted by molar-refractivity contribution is 6.30. The molecule has 3 rings (SSSR count). The minimum atomic E-state index is -0.420. The van der Waals surface area contributed by atoms with Gasteiger partial charge in [0.05, 0.1) is 12.1 Å². The van der Waals surface area contributed by atoms with Crippen molar-refractivity contribution in [3.05, 3.63) is 70.8 Å². The number of carbonyl (C=O) groups is 1.